The molecule has 0 radical (unpaired) electrons. The predicted octanol–water partition coefficient (Wildman–Crippen LogP) is 2.60. The largest absolute Gasteiger partial charge is 0.416 e. The second-order valence-electron chi connectivity index (χ2n) is 5.51. The van der Waals surface area contributed by atoms with Gasteiger partial charge in [-0.3, -0.25) is 4.90 Å². The fourth-order valence-corrected chi connectivity index (χ4v) is 2.48. The van der Waals surface area contributed by atoms with E-state index in [0.29, 0.717) is 18.8 Å². The van der Waals surface area contributed by atoms with E-state index in [1.807, 2.05) is 4.90 Å². The van der Waals surface area contributed by atoms with Crippen LogP contribution in [-0.4, -0.2) is 48.8 Å². The van der Waals surface area contributed by atoms with E-state index in [1.54, 1.807) is 13.0 Å². The number of halogens is 3. The van der Waals surface area contributed by atoms with Crippen LogP contribution in [0.15, 0.2) is 24.3 Å². The third-order valence-corrected chi connectivity index (χ3v) is 3.77. The van der Waals surface area contributed by atoms with E-state index >= 15 is 0 Å². The molecule has 0 aliphatic carbocycles. The lowest BCUT2D eigenvalue weighted by Crippen LogP contribution is -2.47. The Bertz CT molecular complexity index is 454. The van der Waals surface area contributed by atoms with Crippen LogP contribution in [0.2, 0.25) is 0 Å². The van der Waals surface area contributed by atoms with Gasteiger partial charge in [-0.2, -0.15) is 13.2 Å². The number of aliphatic hydroxyl groups excluding tert-OH is 1. The zero-order valence-electron chi connectivity index (χ0n) is 12.1. The van der Waals surface area contributed by atoms with Gasteiger partial charge in [0.2, 0.25) is 0 Å². The van der Waals surface area contributed by atoms with E-state index in [0.717, 1.165) is 32.1 Å². The molecule has 0 amide bonds. The molecule has 1 fully saturated rings. The molecule has 0 saturated carbocycles. The van der Waals surface area contributed by atoms with Gasteiger partial charge < -0.3 is 10.0 Å². The van der Waals surface area contributed by atoms with E-state index in [1.165, 1.54) is 12.1 Å². The van der Waals surface area contributed by atoms with Gasteiger partial charge in [-0.1, -0.05) is 6.07 Å². The minimum atomic E-state index is -4.30. The van der Waals surface area contributed by atoms with Crippen molar-refractivity contribution in [3.63, 3.8) is 0 Å². The number of alkyl halides is 3. The Hall–Kier alpha value is -1.27. The average molecular weight is 302 g/mol. The number of aliphatic hydroxyl groups is 1. The lowest BCUT2D eigenvalue weighted by molar-refractivity contribution is -0.137. The van der Waals surface area contributed by atoms with Gasteiger partial charge in [0, 0.05) is 38.4 Å². The molecule has 1 saturated heterocycles. The Balaban J connectivity index is 1.93. The highest BCUT2D eigenvalue weighted by Crippen LogP contribution is 2.31. The molecule has 21 heavy (non-hydrogen) atoms. The molecule has 118 valence electrons. The first-order valence-corrected chi connectivity index (χ1v) is 7.19. The Kier molecular flexibility index (Phi) is 5.11. The number of hydrogen-bond donors (Lipinski definition) is 1. The van der Waals surface area contributed by atoms with Crippen molar-refractivity contribution < 1.29 is 18.3 Å². The minimum absolute atomic E-state index is 0.313. The summed E-state index contributed by atoms with van der Waals surface area (Å²) < 4.78 is 38.2. The zero-order valence-corrected chi connectivity index (χ0v) is 12.1. The van der Waals surface area contributed by atoms with Crippen LogP contribution >= 0.6 is 0 Å². The highest BCUT2D eigenvalue weighted by Gasteiger charge is 2.31. The summed E-state index contributed by atoms with van der Waals surface area (Å²) in [7, 11) is 0. The van der Waals surface area contributed by atoms with Crippen molar-refractivity contribution >= 4 is 5.69 Å². The molecule has 1 heterocycles. The molecule has 1 unspecified atom stereocenters. The molecule has 1 aromatic rings. The smallest absolute Gasteiger partial charge is 0.393 e. The van der Waals surface area contributed by atoms with Crippen LogP contribution in [0.1, 0.15) is 18.9 Å². The van der Waals surface area contributed by atoms with Crippen LogP contribution in [0.25, 0.3) is 0 Å². The molecule has 0 aromatic heterocycles. The molecular formula is C15H21F3N2O. The van der Waals surface area contributed by atoms with Crippen LogP contribution in [0.3, 0.4) is 0 Å². The standard InChI is InChI=1S/C15H21F3N2O/c1-12(21)5-6-19-7-9-20(10-8-19)14-4-2-3-13(11-14)15(16,17)18/h2-4,11-12,21H,5-10H2,1H3. The summed E-state index contributed by atoms with van der Waals surface area (Å²) in [4.78, 5) is 4.21. The van der Waals surface area contributed by atoms with Gasteiger partial charge in [0.05, 0.1) is 11.7 Å². The summed E-state index contributed by atoms with van der Waals surface area (Å²) in [5, 5.41) is 9.28. The summed E-state index contributed by atoms with van der Waals surface area (Å²) in [6.45, 7) is 5.63. The van der Waals surface area contributed by atoms with Gasteiger partial charge in [-0.25, -0.2) is 0 Å². The summed E-state index contributed by atoms with van der Waals surface area (Å²) in [6, 6.07) is 5.49. The first kappa shape index (κ1) is 16.1. The van der Waals surface area contributed by atoms with E-state index in [-0.39, 0.29) is 6.10 Å². The molecule has 2 rings (SSSR count). The first-order chi connectivity index (χ1) is 9.86. The molecular weight excluding hydrogens is 281 g/mol. The van der Waals surface area contributed by atoms with Crippen LogP contribution in [0, 0.1) is 0 Å². The molecule has 1 aromatic carbocycles. The van der Waals surface area contributed by atoms with Crippen molar-refractivity contribution in [1.82, 2.24) is 4.90 Å². The Morgan fingerprint density at radius 1 is 1.19 bits per heavy atom. The fraction of sp³-hybridized carbons (Fsp3) is 0.600. The van der Waals surface area contributed by atoms with Crippen LogP contribution in [0.4, 0.5) is 18.9 Å². The maximum Gasteiger partial charge on any atom is 0.416 e. The number of nitrogens with zero attached hydrogens (tertiary/aromatic N) is 2. The van der Waals surface area contributed by atoms with Crippen molar-refractivity contribution in [2.24, 2.45) is 0 Å². The van der Waals surface area contributed by atoms with Crippen molar-refractivity contribution in [1.29, 1.82) is 0 Å². The summed E-state index contributed by atoms with van der Waals surface area (Å²) >= 11 is 0. The van der Waals surface area contributed by atoms with Crippen molar-refractivity contribution in [3.05, 3.63) is 29.8 Å². The van der Waals surface area contributed by atoms with Gasteiger partial charge in [-0.05, 0) is 31.5 Å². The SMILES string of the molecule is CC(O)CCN1CCN(c2cccc(C(F)(F)F)c2)CC1. The normalized spacial score (nSPS) is 18.8. The third-order valence-electron chi connectivity index (χ3n) is 3.77. The van der Waals surface area contributed by atoms with Crippen molar-refractivity contribution in [2.75, 3.05) is 37.6 Å². The van der Waals surface area contributed by atoms with Crippen LogP contribution < -0.4 is 4.90 Å². The first-order valence-electron chi connectivity index (χ1n) is 7.19. The lowest BCUT2D eigenvalue weighted by Gasteiger charge is -2.36. The molecule has 1 aliphatic rings. The lowest BCUT2D eigenvalue weighted by atomic mass is 10.1. The number of benzene rings is 1. The molecule has 6 heteroatoms. The summed E-state index contributed by atoms with van der Waals surface area (Å²) in [5.74, 6) is 0. The predicted molar refractivity (Wildman–Crippen MR) is 76.4 cm³/mol. The van der Waals surface area contributed by atoms with Gasteiger partial charge in [0.15, 0.2) is 0 Å². The highest BCUT2D eigenvalue weighted by molar-refractivity contribution is 5.49. The molecule has 0 spiro atoms. The number of hydrogen-bond acceptors (Lipinski definition) is 3. The van der Waals surface area contributed by atoms with Crippen molar-refractivity contribution in [3.8, 4) is 0 Å². The van der Waals surface area contributed by atoms with E-state index in [4.69, 9.17) is 0 Å². The molecule has 1 atom stereocenters. The maximum atomic E-state index is 12.7. The third kappa shape index (κ3) is 4.61. The average Bonchev–Trinajstić information content (AvgIpc) is 2.45. The monoisotopic (exact) mass is 302 g/mol. The Labute approximate surface area is 123 Å². The Morgan fingerprint density at radius 2 is 1.86 bits per heavy atom. The summed E-state index contributed by atoms with van der Waals surface area (Å²) in [6.07, 6.45) is -3.88. The van der Waals surface area contributed by atoms with Gasteiger partial charge >= 0.3 is 6.18 Å². The fourth-order valence-electron chi connectivity index (χ4n) is 2.48. The number of piperazine rings is 1. The topological polar surface area (TPSA) is 26.7 Å². The van der Waals surface area contributed by atoms with Gasteiger partial charge in [0.1, 0.15) is 0 Å². The molecule has 1 aliphatic heterocycles. The zero-order chi connectivity index (χ0) is 15.5. The highest BCUT2D eigenvalue weighted by atomic mass is 19.4. The molecule has 3 nitrogen and oxygen atoms in total. The molecule has 0 bridgehead atoms. The van der Waals surface area contributed by atoms with Gasteiger partial charge in [0.25, 0.3) is 0 Å². The van der Waals surface area contributed by atoms with E-state index < -0.39 is 11.7 Å². The van der Waals surface area contributed by atoms with Crippen molar-refractivity contribution in [2.45, 2.75) is 25.6 Å². The molecule has 1 N–H and O–H groups in total. The quantitative estimate of drug-likeness (QED) is 0.926. The van der Waals surface area contributed by atoms with Gasteiger partial charge in [-0.15, -0.1) is 0 Å². The Morgan fingerprint density at radius 3 is 2.43 bits per heavy atom. The summed E-state index contributed by atoms with van der Waals surface area (Å²) in [5.41, 5.74) is 0.0246. The van der Waals surface area contributed by atoms with E-state index in [9.17, 15) is 18.3 Å². The minimum Gasteiger partial charge on any atom is -0.393 e. The van der Waals surface area contributed by atoms with Crippen LogP contribution in [0.5, 0.6) is 0 Å². The van der Waals surface area contributed by atoms with E-state index in [2.05, 4.69) is 4.90 Å². The van der Waals surface area contributed by atoms with Crippen LogP contribution in [-0.2, 0) is 6.18 Å². The number of rotatable bonds is 4. The number of anilines is 1. The maximum absolute atomic E-state index is 12.7. The second-order valence-corrected chi connectivity index (χ2v) is 5.51. The second kappa shape index (κ2) is 6.66.